The van der Waals surface area contributed by atoms with Gasteiger partial charge in [-0.3, -0.25) is 14.5 Å². The van der Waals surface area contributed by atoms with Crippen LogP contribution in [-0.2, 0) is 7.05 Å². The molecule has 0 saturated carbocycles. The first-order valence-electron chi connectivity index (χ1n) is 6.49. The molecule has 0 fully saturated rings. The number of nitrogens with zero attached hydrogens (tertiary/aromatic N) is 3. The van der Waals surface area contributed by atoms with E-state index in [0.29, 0.717) is 5.56 Å². The lowest BCUT2D eigenvalue weighted by Crippen LogP contribution is -2.10. The van der Waals surface area contributed by atoms with Gasteiger partial charge in [0.05, 0.1) is 5.69 Å². The number of amides is 1. The summed E-state index contributed by atoms with van der Waals surface area (Å²) in [5.41, 5.74) is 9.51. The molecule has 0 radical (unpaired) electrons. The highest BCUT2D eigenvalue weighted by Gasteiger charge is 2.06. The lowest BCUT2D eigenvalue weighted by atomic mass is 10.0. The van der Waals surface area contributed by atoms with Gasteiger partial charge in [0.2, 0.25) is 5.91 Å². The van der Waals surface area contributed by atoms with Crippen LogP contribution >= 0.6 is 0 Å². The quantitative estimate of drug-likeness (QED) is 0.798. The molecule has 21 heavy (non-hydrogen) atoms. The predicted molar refractivity (Wildman–Crippen MR) is 80.4 cm³/mol. The molecule has 3 aromatic rings. The summed E-state index contributed by atoms with van der Waals surface area (Å²) in [5, 5.41) is 4.37. The molecule has 0 unspecified atom stereocenters. The normalized spacial score (nSPS) is 10.5. The molecular formula is C16H14N4O. The van der Waals surface area contributed by atoms with E-state index in [1.54, 1.807) is 29.2 Å². The zero-order chi connectivity index (χ0) is 14.8. The summed E-state index contributed by atoms with van der Waals surface area (Å²) in [4.78, 5) is 15.4. The summed E-state index contributed by atoms with van der Waals surface area (Å²) >= 11 is 0. The van der Waals surface area contributed by atoms with Crippen molar-refractivity contribution in [1.29, 1.82) is 0 Å². The molecular weight excluding hydrogens is 264 g/mol. The minimum Gasteiger partial charge on any atom is -0.366 e. The van der Waals surface area contributed by atoms with Crippen molar-refractivity contribution in [1.82, 2.24) is 14.8 Å². The van der Waals surface area contributed by atoms with Gasteiger partial charge in [-0.25, -0.2) is 0 Å². The monoisotopic (exact) mass is 278 g/mol. The average Bonchev–Trinajstić information content (AvgIpc) is 2.94. The Balaban J connectivity index is 1.97. The Kier molecular flexibility index (Phi) is 3.23. The summed E-state index contributed by atoms with van der Waals surface area (Å²) in [6.45, 7) is 0. The largest absolute Gasteiger partial charge is 0.366 e. The van der Waals surface area contributed by atoms with Crippen molar-refractivity contribution >= 4 is 5.91 Å². The zero-order valence-electron chi connectivity index (χ0n) is 11.5. The number of rotatable bonds is 3. The number of primary amides is 1. The van der Waals surface area contributed by atoms with Crippen molar-refractivity contribution in [3.8, 4) is 22.4 Å². The number of carbonyl (C=O) groups is 1. The summed E-state index contributed by atoms with van der Waals surface area (Å²) < 4.78 is 1.75. The fourth-order valence-corrected chi connectivity index (χ4v) is 2.13. The van der Waals surface area contributed by atoms with Crippen LogP contribution in [0, 0.1) is 0 Å². The molecule has 0 aliphatic heterocycles. The van der Waals surface area contributed by atoms with Gasteiger partial charge in [0.1, 0.15) is 0 Å². The number of carbonyl (C=O) groups excluding carboxylic acids is 1. The van der Waals surface area contributed by atoms with Gasteiger partial charge in [-0.05, 0) is 29.8 Å². The molecule has 0 aliphatic carbocycles. The van der Waals surface area contributed by atoms with E-state index in [2.05, 4.69) is 10.1 Å². The predicted octanol–water partition coefficient (Wildman–Crippen LogP) is 2.25. The number of hydrogen-bond acceptors (Lipinski definition) is 3. The van der Waals surface area contributed by atoms with Gasteiger partial charge >= 0.3 is 0 Å². The van der Waals surface area contributed by atoms with E-state index in [-0.39, 0.29) is 0 Å². The van der Waals surface area contributed by atoms with E-state index in [4.69, 9.17) is 5.73 Å². The molecule has 2 heterocycles. The van der Waals surface area contributed by atoms with Crippen molar-refractivity contribution in [2.24, 2.45) is 12.8 Å². The minimum absolute atomic E-state index is 0.429. The Morgan fingerprint density at radius 1 is 1.05 bits per heavy atom. The van der Waals surface area contributed by atoms with Crippen LogP contribution in [0.2, 0.25) is 0 Å². The van der Waals surface area contributed by atoms with E-state index in [1.807, 2.05) is 37.5 Å². The summed E-state index contributed by atoms with van der Waals surface area (Å²) in [5.74, 6) is -0.429. The molecule has 0 atom stereocenters. The molecule has 1 aromatic carbocycles. The molecule has 0 spiro atoms. The molecule has 1 amide bonds. The van der Waals surface area contributed by atoms with Crippen molar-refractivity contribution in [3.05, 3.63) is 60.6 Å². The Bertz CT molecular complexity index is 790. The number of nitrogens with two attached hydrogens (primary N) is 1. The molecule has 104 valence electrons. The maximum atomic E-state index is 11.1. The molecule has 0 saturated heterocycles. The second kappa shape index (κ2) is 5.20. The molecule has 2 N–H and O–H groups in total. The van der Waals surface area contributed by atoms with Crippen LogP contribution in [0.1, 0.15) is 10.4 Å². The van der Waals surface area contributed by atoms with Gasteiger partial charge < -0.3 is 5.73 Å². The molecule has 5 heteroatoms. The van der Waals surface area contributed by atoms with Crippen molar-refractivity contribution in [2.75, 3.05) is 0 Å². The van der Waals surface area contributed by atoms with Gasteiger partial charge in [0.15, 0.2) is 0 Å². The Labute approximate surface area is 122 Å². The maximum Gasteiger partial charge on any atom is 0.248 e. The van der Waals surface area contributed by atoms with Crippen LogP contribution in [0.3, 0.4) is 0 Å². The third-order valence-electron chi connectivity index (χ3n) is 3.25. The smallest absolute Gasteiger partial charge is 0.248 e. The first kappa shape index (κ1) is 13.1. The minimum atomic E-state index is -0.429. The highest BCUT2D eigenvalue weighted by Crippen LogP contribution is 2.24. The van der Waals surface area contributed by atoms with Crippen molar-refractivity contribution < 1.29 is 4.79 Å². The topological polar surface area (TPSA) is 73.8 Å². The molecule has 2 aromatic heterocycles. The average molecular weight is 278 g/mol. The van der Waals surface area contributed by atoms with E-state index in [1.165, 1.54) is 0 Å². The number of benzene rings is 1. The van der Waals surface area contributed by atoms with Crippen LogP contribution < -0.4 is 5.73 Å². The van der Waals surface area contributed by atoms with E-state index in [0.717, 1.165) is 22.4 Å². The number of pyridine rings is 1. The number of aryl methyl sites for hydroxylation is 1. The van der Waals surface area contributed by atoms with Crippen LogP contribution in [0.15, 0.2) is 55.0 Å². The first-order chi connectivity index (χ1) is 10.1. The van der Waals surface area contributed by atoms with Crippen molar-refractivity contribution in [2.45, 2.75) is 0 Å². The van der Waals surface area contributed by atoms with Gasteiger partial charge in [0, 0.05) is 42.3 Å². The maximum absolute atomic E-state index is 11.1. The molecule has 3 rings (SSSR count). The lowest BCUT2D eigenvalue weighted by molar-refractivity contribution is 0.100. The molecule has 0 bridgehead atoms. The highest BCUT2D eigenvalue weighted by molar-refractivity contribution is 5.93. The molecule has 0 aliphatic rings. The van der Waals surface area contributed by atoms with Crippen LogP contribution in [0.4, 0.5) is 0 Å². The lowest BCUT2D eigenvalue weighted by Gasteiger charge is -2.04. The van der Waals surface area contributed by atoms with E-state index < -0.39 is 5.91 Å². The first-order valence-corrected chi connectivity index (χ1v) is 6.49. The van der Waals surface area contributed by atoms with E-state index >= 15 is 0 Å². The third-order valence-corrected chi connectivity index (χ3v) is 3.25. The van der Waals surface area contributed by atoms with Gasteiger partial charge in [-0.2, -0.15) is 5.10 Å². The second-order valence-corrected chi connectivity index (χ2v) is 4.78. The number of aromatic nitrogens is 3. The van der Waals surface area contributed by atoms with Crippen LogP contribution in [0.25, 0.3) is 22.4 Å². The highest BCUT2D eigenvalue weighted by atomic mass is 16.1. The SMILES string of the molecule is Cn1ccc(-c2cncc(-c3ccc(C(N)=O)cc3)c2)n1. The second-order valence-electron chi connectivity index (χ2n) is 4.78. The van der Waals surface area contributed by atoms with Gasteiger partial charge in [-0.1, -0.05) is 12.1 Å². The third kappa shape index (κ3) is 2.67. The number of hydrogen-bond donors (Lipinski definition) is 1. The Morgan fingerprint density at radius 2 is 1.76 bits per heavy atom. The fraction of sp³-hybridized carbons (Fsp3) is 0.0625. The molecule has 5 nitrogen and oxygen atoms in total. The Hall–Kier alpha value is -2.95. The van der Waals surface area contributed by atoms with Crippen LogP contribution in [-0.4, -0.2) is 20.7 Å². The van der Waals surface area contributed by atoms with Crippen molar-refractivity contribution in [3.63, 3.8) is 0 Å². The zero-order valence-corrected chi connectivity index (χ0v) is 11.5. The summed E-state index contributed by atoms with van der Waals surface area (Å²) in [7, 11) is 1.88. The van der Waals surface area contributed by atoms with Gasteiger partial charge in [0.25, 0.3) is 0 Å². The fourth-order valence-electron chi connectivity index (χ4n) is 2.13. The standard InChI is InChI=1S/C16H14N4O/c1-20-7-6-15(19-20)14-8-13(9-18-10-14)11-2-4-12(5-3-11)16(17)21/h2-10H,1H3,(H2,17,21). The van der Waals surface area contributed by atoms with Gasteiger partial charge in [-0.15, -0.1) is 0 Å². The Morgan fingerprint density at radius 3 is 2.38 bits per heavy atom. The van der Waals surface area contributed by atoms with E-state index in [9.17, 15) is 4.79 Å². The summed E-state index contributed by atoms with van der Waals surface area (Å²) in [6.07, 6.45) is 5.46. The summed E-state index contributed by atoms with van der Waals surface area (Å²) in [6, 6.07) is 11.1. The van der Waals surface area contributed by atoms with Crippen LogP contribution in [0.5, 0.6) is 0 Å².